The molecule has 0 bridgehead atoms. The first kappa shape index (κ1) is 17.2. The lowest BCUT2D eigenvalue weighted by molar-refractivity contribution is -0.117. The molecule has 26 heavy (non-hydrogen) atoms. The second-order valence-electron chi connectivity index (χ2n) is 6.32. The molecule has 0 spiro atoms. The molecule has 0 N–H and O–H groups in total. The second-order valence-corrected chi connectivity index (χ2v) is 6.66. The van der Waals surface area contributed by atoms with E-state index in [9.17, 15) is 0 Å². The minimum absolute atomic E-state index is 0.168. The molecule has 4 atom stereocenters. The van der Waals surface area contributed by atoms with Gasteiger partial charge >= 0.3 is 5.24 Å². The van der Waals surface area contributed by atoms with Crippen LogP contribution in [0.15, 0.2) is 72.8 Å². The Hall–Kier alpha value is -2.21. The fraction of sp³-hybridized carbons (Fsp3) is 0.286. The van der Waals surface area contributed by atoms with E-state index >= 15 is 0 Å². The average molecular weight is 368 g/mol. The van der Waals surface area contributed by atoms with Gasteiger partial charge in [-0.25, -0.2) is 0 Å². The maximum absolute atomic E-state index is 6.19. The Kier molecular flexibility index (Phi) is 5.29. The van der Waals surface area contributed by atoms with Crippen LogP contribution in [0.1, 0.15) is 11.1 Å². The predicted molar refractivity (Wildman–Crippen MR) is 102 cm³/mol. The van der Waals surface area contributed by atoms with Crippen LogP contribution in [0.25, 0.3) is 0 Å². The highest BCUT2D eigenvalue weighted by atomic mass is 32.1. The Morgan fingerprint density at radius 3 is 2.04 bits per heavy atom. The number of hydrogen-bond donors (Lipinski definition) is 0. The number of rotatable bonds is 6. The standard InChI is InChI=1S/C21H20O4S/c26-21-24-18-12-11-17(22-13-15-7-3-1-4-8-15)19(20(18)25-21)23-14-16-9-5-2-6-10-16/h1-12,17-20H,13-14H2/t17-,18+,19+,20+/m1/s1. The Morgan fingerprint density at radius 1 is 0.769 bits per heavy atom. The van der Waals surface area contributed by atoms with Crippen LogP contribution in [0.5, 0.6) is 0 Å². The van der Waals surface area contributed by atoms with Gasteiger partial charge in [0.2, 0.25) is 0 Å². The third-order valence-corrected chi connectivity index (χ3v) is 4.69. The van der Waals surface area contributed by atoms with Crippen molar-refractivity contribution in [2.24, 2.45) is 0 Å². The lowest BCUT2D eigenvalue weighted by Crippen LogP contribution is -2.47. The van der Waals surface area contributed by atoms with Crippen molar-refractivity contribution >= 4 is 17.5 Å². The van der Waals surface area contributed by atoms with Crippen molar-refractivity contribution in [2.45, 2.75) is 37.6 Å². The zero-order valence-corrected chi connectivity index (χ0v) is 15.0. The van der Waals surface area contributed by atoms with Gasteiger partial charge in [0.1, 0.15) is 12.2 Å². The molecule has 2 aromatic rings. The monoisotopic (exact) mass is 368 g/mol. The average Bonchev–Trinajstić information content (AvgIpc) is 3.07. The summed E-state index contributed by atoms with van der Waals surface area (Å²) in [5.74, 6) is 0. The first-order valence-electron chi connectivity index (χ1n) is 8.66. The molecule has 1 aliphatic heterocycles. The fourth-order valence-electron chi connectivity index (χ4n) is 3.18. The van der Waals surface area contributed by atoms with Gasteiger partial charge in [0.05, 0.1) is 13.2 Å². The topological polar surface area (TPSA) is 36.9 Å². The zero-order chi connectivity index (χ0) is 17.8. The van der Waals surface area contributed by atoms with Crippen LogP contribution in [-0.4, -0.2) is 29.7 Å². The highest BCUT2D eigenvalue weighted by Crippen LogP contribution is 2.30. The molecule has 134 valence electrons. The molecule has 1 aliphatic carbocycles. The Labute approximate surface area is 158 Å². The van der Waals surface area contributed by atoms with Gasteiger partial charge in [0.15, 0.2) is 12.2 Å². The van der Waals surface area contributed by atoms with Crippen LogP contribution in [0, 0.1) is 0 Å². The van der Waals surface area contributed by atoms with Gasteiger partial charge in [0.25, 0.3) is 0 Å². The minimum Gasteiger partial charge on any atom is -0.446 e. The molecule has 1 fully saturated rings. The summed E-state index contributed by atoms with van der Waals surface area (Å²) in [5.41, 5.74) is 2.21. The van der Waals surface area contributed by atoms with Gasteiger partial charge in [-0.3, -0.25) is 0 Å². The number of fused-ring (bicyclic) bond motifs is 1. The lowest BCUT2D eigenvalue weighted by Gasteiger charge is -2.33. The van der Waals surface area contributed by atoms with E-state index in [1.807, 2.05) is 72.8 Å². The number of ether oxygens (including phenoxy) is 4. The maximum atomic E-state index is 6.19. The fourth-order valence-corrected chi connectivity index (χ4v) is 3.40. The predicted octanol–water partition coefficient (Wildman–Crippen LogP) is 3.80. The Morgan fingerprint density at radius 2 is 1.38 bits per heavy atom. The molecule has 2 aliphatic rings. The molecule has 0 unspecified atom stereocenters. The summed E-state index contributed by atoms with van der Waals surface area (Å²) in [6, 6.07) is 20.1. The van der Waals surface area contributed by atoms with Crippen LogP contribution in [-0.2, 0) is 32.2 Å². The third kappa shape index (κ3) is 3.96. The van der Waals surface area contributed by atoms with E-state index in [4.69, 9.17) is 31.2 Å². The molecular formula is C21H20O4S. The molecule has 0 aromatic heterocycles. The largest absolute Gasteiger partial charge is 0.446 e. The van der Waals surface area contributed by atoms with Crippen molar-refractivity contribution in [1.29, 1.82) is 0 Å². The first-order valence-corrected chi connectivity index (χ1v) is 9.07. The summed E-state index contributed by atoms with van der Waals surface area (Å²) in [6.45, 7) is 0.980. The molecule has 0 radical (unpaired) electrons. The molecule has 4 nitrogen and oxygen atoms in total. The summed E-state index contributed by atoms with van der Waals surface area (Å²) in [4.78, 5) is 0. The number of hydrogen-bond acceptors (Lipinski definition) is 5. The van der Waals surface area contributed by atoms with Crippen molar-refractivity contribution in [3.05, 3.63) is 83.9 Å². The van der Waals surface area contributed by atoms with Gasteiger partial charge in [-0.2, -0.15) is 0 Å². The molecule has 0 saturated carbocycles. The SMILES string of the molecule is S=C1O[C@@H]2[C@@H](OCc3ccccc3)[C@H](OCc3ccccc3)C=C[C@@H]2O1. The summed E-state index contributed by atoms with van der Waals surface area (Å²) < 4.78 is 23.6. The number of thiocarbonyl (C=S) groups is 1. The van der Waals surface area contributed by atoms with Crippen molar-refractivity contribution in [1.82, 2.24) is 0 Å². The van der Waals surface area contributed by atoms with Crippen LogP contribution < -0.4 is 0 Å². The summed E-state index contributed by atoms with van der Waals surface area (Å²) in [6.07, 6.45) is 2.88. The van der Waals surface area contributed by atoms with E-state index in [1.54, 1.807) is 0 Å². The Bertz CT molecular complexity index is 762. The van der Waals surface area contributed by atoms with E-state index < -0.39 is 0 Å². The van der Waals surface area contributed by atoms with Gasteiger partial charge in [-0.05, 0) is 17.2 Å². The van der Waals surface area contributed by atoms with Gasteiger partial charge in [-0.15, -0.1) is 0 Å². The molecule has 1 heterocycles. The highest BCUT2D eigenvalue weighted by molar-refractivity contribution is 7.79. The molecular weight excluding hydrogens is 348 g/mol. The number of benzene rings is 2. The van der Waals surface area contributed by atoms with Gasteiger partial charge in [0, 0.05) is 12.2 Å². The van der Waals surface area contributed by atoms with Crippen molar-refractivity contribution in [3.8, 4) is 0 Å². The van der Waals surface area contributed by atoms with Crippen molar-refractivity contribution in [3.63, 3.8) is 0 Å². The van der Waals surface area contributed by atoms with Crippen LogP contribution in [0.2, 0.25) is 0 Å². The van der Waals surface area contributed by atoms with Crippen LogP contribution >= 0.6 is 12.2 Å². The lowest BCUT2D eigenvalue weighted by atomic mass is 9.96. The third-order valence-electron chi connectivity index (χ3n) is 4.50. The Balaban J connectivity index is 1.47. The zero-order valence-electron chi connectivity index (χ0n) is 14.2. The van der Waals surface area contributed by atoms with Crippen LogP contribution in [0.3, 0.4) is 0 Å². The second kappa shape index (κ2) is 7.99. The summed E-state index contributed by atoms with van der Waals surface area (Å²) in [7, 11) is 0. The molecule has 1 saturated heterocycles. The quantitative estimate of drug-likeness (QED) is 0.573. The molecule has 0 amide bonds. The molecule has 5 heteroatoms. The van der Waals surface area contributed by atoms with Crippen LogP contribution in [0.4, 0.5) is 0 Å². The summed E-state index contributed by atoms with van der Waals surface area (Å²) in [5, 5.41) is 0.168. The van der Waals surface area contributed by atoms with E-state index in [2.05, 4.69) is 0 Å². The van der Waals surface area contributed by atoms with E-state index in [1.165, 1.54) is 0 Å². The first-order chi connectivity index (χ1) is 12.8. The van der Waals surface area contributed by atoms with Gasteiger partial charge in [-0.1, -0.05) is 66.7 Å². The smallest absolute Gasteiger partial charge is 0.353 e. The van der Waals surface area contributed by atoms with Crippen molar-refractivity contribution < 1.29 is 18.9 Å². The summed E-state index contributed by atoms with van der Waals surface area (Å²) >= 11 is 5.07. The normalized spacial score (nSPS) is 26.8. The van der Waals surface area contributed by atoms with E-state index in [0.717, 1.165) is 11.1 Å². The van der Waals surface area contributed by atoms with E-state index in [0.29, 0.717) is 13.2 Å². The minimum atomic E-state index is -0.297. The maximum Gasteiger partial charge on any atom is 0.353 e. The molecule has 2 aromatic carbocycles. The van der Waals surface area contributed by atoms with Gasteiger partial charge < -0.3 is 18.9 Å². The van der Waals surface area contributed by atoms with E-state index in [-0.39, 0.29) is 29.7 Å². The van der Waals surface area contributed by atoms with Crippen molar-refractivity contribution in [2.75, 3.05) is 0 Å². The highest BCUT2D eigenvalue weighted by Gasteiger charge is 2.46. The molecule has 4 rings (SSSR count).